The maximum absolute atomic E-state index is 13.2. The number of halogens is 3. The molecule has 2 aliphatic heterocycles. The van der Waals surface area contributed by atoms with Crippen molar-refractivity contribution in [1.82, 2.24) is 19.5 Å². The molecule has 0 saturated carbocycles. The summed E-state index contributed by atoms with van der Waals surface area (Å²) < 4.78 is 66.5. The molecule has 0 aliphatic carbocycles. The molecule has 2 aromatic heterocycles. The van der Waals surface area contributed by atoms with Crippen molar-refractivity contribution in [3.63, 3.8) is 0 Å². The first-order chi connectivity index (χ1) is 16.1. The zero-order chi connectivity index (χ0) is 24.1. The molecule has 8 nitrogen and oxygen atoms in total. The van der Waals surface area contributed by atoms with E-state index in [-0.39, 0.29) is 17.6 Å². The van der Waals surface area contributed by atoms with Gasteiger partial charge in [0.15, 0.2) is 5.65 Å². The van der Waals surface area contributed by atoms with Crippen LogP contribution in [0.25, 0.3) is 5.65 Å². The topological polar surface area (TPSA) is 87.9 Å². The number of nitrogens with zero attached hydrogens (tertiary/aromatic N) is 5. The SMILES string of the molecule is O=C(c1ccc(N2CCCS2(=O)=O)cc1)N1CCCC(c2nnc3ccc(C(F)(F)F)cn23)C1. The van der Waals surface area contributed by atoms with Gasteiger partial charge in [-0.25, -0.2) is 8.42 Å². The molecule has 4 heterocycles. The number of rotatable bonds is 3. The second kappa shape index (κ2) is 8.26. The Hall–Kier alpha value is -3.15. The van der Waals surface area contributed by atoms with Crippen molar-refractivity contribution in [3.05, 3.63) is 59.5 Å². The lowest BCUT2D eigenvalue weighted by Gasteiger charge is -2.32. The molecular formula is C22H22F3N5O3S. The number of amides is 1. The summed E-state index contributed by atoms with van der Waals surface area (Å²) in [6.07, 6.45) is -1.57. The lowest BCUT2D eigenvalue weighted by Crippen LogP contribution is -2.39. The Morgan fingerprint density at radius 1 is 1.00 bits per heavy atom. The highest BCUT2D eigenvalue weighted by Gasteiger charge is 2.33. The molecule has 2 saturated heterocycles. The average molecular weight is 494 g/mol. The van der Waals surface area contributed by atoms with Gasteiger partial charge in [-0.2, -0.15) is 13.2 Å². The van der Waals surface area contributed by atoms with Crippen molar-refractivity contribution in [2.75, 3.05) is 29.7 Å². The number of anilines is 1. The molecule has 1 unspecified atom stereocenters. The second-order valence-electron chi connectivity index (χ2n) is 8.58. The number of piperidine rings is 1. The highest BCUT2D eigenvalue weighted by molar-refractivity contribution is 7.93. The molecule has 1 aromatic carbocycles. The van der Waals surface area contributed by atoms with Crippen molar-refractivity contribution in [2.45, 2.75) is 31.4 Å². The zero-order valence-electron chi connectivity index (χ0n) is 18.1. The number of sulfonamides is 1. The third-order valence-corrected chi connectivity index (χ3v) is 8.20. The molecule has 2 aliphatic rings. The monoisotopic (exact) mass is 493 g/mol. The van der Waals surface area contributed by atoms with Gasteiger partial charge in [-0.15, -0.1) is 10.2 Å². The predicted octanol–water partition coefficient (Wildman–Crippen LogP) is 3.31. The minimum Gasteiger partial charge on any atom is -0.338 e. The van der Waals surface area contributed by atoms with Crippen LogP contribution in [0.5, 0.6) is 0 Å². The number of hydrogen-bond acceptors (Lipinski definition) is 5. The number of hydrogen-bond donors (Lipinski definition) is 0. The van der Waals surface area contributed by atoms with Crippen LogP contribution in [-0.2, 0) is 16.2 Å². The van der Waals surface area contributed by atoms with Crippen molar-refractivity contribution in [3.8, 4) is 0 Å². The molecule has 0 spiro atoms. The Labute approximate surface area is 194 Å². The molecule has 34 heavy (non-hydrogen) atoms. The summed E-state index contributed by atoms with van der Waals surface area (Å²) in [4.78, 5) is 14.8. The fourth-order valence-electron chi connectivity index (χ4n) is 4.61. The van der Waals surface area contributed by atoms with Crippen LogP contribution in [0.15, 0.2) is 42.6 Å². The van der Waals surface area contributed by atoms with E-state index in [0.29, 0.717) is 61.6 Å². The Bertz CT molecular complexity index is 1340. The number of carbonyl (C=O) groups excluding carboxylic acids is 1. The molecule has 3 aromatic rings. The van der Waals surface area contributed by atoms with E-state index in [1.165, 1.54) is 14.8 Å². The summed E-state index contributed by atoms with van der Waals surface area (Å²) in [5.41, 5.74) is 0.483. The lowest BCUT2D eigenvalue weighted by molar-refractivity contribution is -0.137. The molecule has 1 atom stereocenters. The third kappa shape index (κ3) is 4.10. The Kier molecular flexibility index (Phi) is 5.50. The number of alkyl halides is 3. The summed E-state index contributed by atoms with van der Waals surface area (Å²) in [6, 6.07) is 8.73. The van der Waals surface area contributed by atoms with E-state index >= 15 is 0 Å². The average Bonchev–Trinajstić information content (AvgIpc) is 3.40. The van der Waals surface area contributed by atoms with E-state index in [2.05, 4.69) is 10.2 Å². The van der Waals surface area contributed by atoms with Gasteiger partial charge >= 0.3 is 6.18 Å². The van der Waals surface area contributed by atoms with Gasteiger partial charge in [-0.05, 0) is 55.7 Å². The van der Waals surface area contributed by atoms with E-state index in [1.54, 1.807) is 29.2 Å². The van der Waals surface area contributed by atoms with Crippen LogP contribution < -0.4 is 4.31 Å². The summed E-state index contributed by atoms with van der Waals surface area (Å²) in [5, 5.41) is 8.12. The molecule has 12 heteroatoms. The molecular weight excluding hydrogens is 471 g/mol. The fourth-order valence-corrected chi connectivity index (χ4v) is 6.17. The van der Waals surface area contributed by atoms with Gasteiger partial charge < -0.3 is 4.90 Å². The number of benzene rings is 1. The highest BCUT2D eigenvalue weighted by atomic mass is 32.2. The second-order valence-corrected chi connectivity index (χ2v) is 10.6. The summed E-state index contributed by atoms with van der Waals surface area (Å²) in [6.45, 7) is 1.24. The van der Waals surface area contributed by atoms with Crippen LogP contribution in [0.2, 0.25) is 0 Å². The largest absolute Gasteiger partial charge is 0.417 e. The van der Waals surface area contributed by atoms with E-state index < -0.39 is 21.8 Å². The number of aromatic nitrogens is 3. The minimum atomic E-state index is -4.48. The van der Waals surface area contributed by atoms with Gasteiger partial charge in [0, 0.05) is 37.3 Å². The van der Waals surface area contributed by atoms with E-state index in [1.807, 2.05) is 0 Å². The number of fused-ring (bicyclic) bond motifs is 1. The van der Waals surface area contributed by atoms with Crippen molar-refractivity contribution < 1.29 is 26.4 Å². The first-order valence-electron chi connectivity index (χ1n) is 11.0. The van der Waals surface area contributed by atoms with Crippen LogP contribution in [-0.4, -0.2) is 59.2 Å². The van der Waals surface area contributed by atoms with Gasteiger partial charge in [0.25, 0.3) is 5.91 Å². The smallest absolute Gasteiger partial charge is 0.338 e. The van der Waals surface area contributed by atoms with Crippen LogP contribution >= 0.6 is 0 Å². The Balaban J connectivity index is 1.35. The summed E-state index contributed by atoms with van der Waals surface area (Å²) >= 11 is 0. The first kappa shape index (κ1) is 22.6. The maximum atomic E-state index is 13.2. The van der Waals surface area contributed by atoms with Gasteiger partial charge in [0.1, 0.15) is 5.82 Å². The number of carbonyl (C=O) groups is 1. The quantitative estimate of drug-likeness (QED) is 0.559. The number of likely N-dealkylation sites (tertiary alicyclic amines) is 1. The zero-order valence-corrected chi connectivity index (χ0v) is 18.9. The number of pyridine rings is 1. The van der Waals surface area contributed by atoms with E-state index in [9.17, 15) is 26.4 Å². The minimum absolute atomic E-state index is 0.116. The van der Waals surface area contributed by atoms with Gasteiger partial charge in [-0.1, -0.05) is 0 Å². The normalized spacial score (nSPS) is 20.7. The summed E-state index contributed by atoms with van der Waals surface area (Å²) in [7, 11) is -3.30. The molecule has 5 rings (SSSR count). The van der Waals surface area contributed by atoms with Crippen LogP contribution in [0, 0.1) is 0 Å². The maximum Gasteiger partial charge on any atom is 0.417 e. The van der Waals surface area contributed by atoms with Crippen molar-refractivity contribution in [1.29, 1.82) is 0 Å². The Morgan fingerprint density at radius 3 is 2.44 bits per heavy atom. The Morgan fingerprint density at radius 2 is 1.76 bits per heavy atom. The van der Waals surface area contributed by atoms with Gasteiger partial charge in [-0.3, -0.25) is 13.5 Å². The third-order valence-electron chi connectivity index (χ3n) is 6.33. The fraction of sp³-hybridized carbons (Fsp3) is 0.409. The molecule has 1 amide bonds. The molecule has 180 valence electrons. The van der Waals surface area contributed by atoms with Crippen LogP contribution in [0.3, 0.4) is 0 Å². The molecule has 0 bridgehead atoms. The standard InChI is InChI=1S/C22H22F3N5O3S/c23-22(24,25)17-6-9-19-26-27-20(29(19)14-17)16-3-1-10-28(13-16)21(31)15-4-7-18(8-5-15)30-11-2-12-34(30,32)33/h4-9,14,16H,1-3,10-13H2. The van der Waals surface area contributed by atoms with Crippen LogP contribution in [0.4, 0.5) is 18.9 Å². The van der Waals surface area contributed by atoms with Gasteiger partial charge in [0.2, 0.25) is 10.0 Å². The molecule has 0 radical (unpaired) electrons. The molecule has 0 N–H and O–H groups in total. The van der Waals surface area contributed by atoms with E-state index in [4.69, 9.17) is 0 Å². The predicted molar refractivity (Wildman–Crippen MR) is 118 cm³/mol. The van der Waals surface area contributed by atoms with Gasteiger partial charge in [0.05, 0.1) is 17.0 Å². The van der Waals surface area contributed by atoms with E-state index in [0.717, 1.165) is 12.3 Å². The van der Waals surface area contributed by atoms with Crippen molar-refractivity contribution in [2.24, 2.45) is 0 Å². The summed E-state index contributed by atoms with van der Waals surface area (Å²) in [5.74, 6) is 0.0358. The van der Waals surface area contributed by atoms with Crippen molar-refractivity contribution >= 4 is 27.3 Å². The highest BCUT2D eigenvalue weighted by Crippen LogP contribution is 2.32. The van der Waals surface area contributed by atoms with Crippen LogP contribution in [0.1, 0.15) is 46.9 Å². The first-order valence-corrected chi connectivity index (χ1v) is 12.6. The molecule has 2 fully saturated rings. The lowest BCUT2D eigenvalue weighted by atomic mass is 9.96.